The number of aromatic carboxylic acids is 1. The molecule has 0 aliphatic carbocycles. The number of amides is 3. The molecule has 4 aromatic carbocycles. The van der Waals surface area contributed by atoms with Gasteiger partial charge in [-0.2, -0.15) is 0 Å². The van der Waals surface area contributed by atoms with Crippen molar-refractivity contribution in [3.05, 3.63) is 119 Å². The van der Waals surface area contributed by atoms with Crippen LogP contribution < -0.4 is 10.1 Å². The minimum Gasteiger partial charge on any atom is -0.488 e. The molecule has 0 atom stereocenters. The molecule has 1 aliphatic rings. The fourth-order valence-corrected chi connectivity index (χ4v) is 4.09. The molecule has 0 bridgehead atoms. The average Bonchev–Trinajstić information content (AvgIpc) is 3.17. The summed E-state index contributed by atoms with van der Waals surface area (Å²) in [6.07, 6.45) is 1.59. The van der Waals surface area contributed by atoms with E-state index in [0.29, 0.717) is 16.9 Å². The van der Waals surface area contributed by atoms with E-state index in [1.54, 1.807) is 24.3 Å². The monoisotopic (exact) mass is 496 g/mol. The van der Waals surface area contributed by atoms with Gasteiger partial charge in [-0.05, 0) is 58.3 Å². The Morgan fingerprint density at radius 2 is 1.62 bits per heavy atom. The van der Waals surface area contributed by atoms with Gasteiger partial charge in [-0.25, -0.2) is 14.0 Å². The summed E-state index contributed by atoms with van der Waals surface area (Å²) in [6, 6.07) is 22.7. The van der Waals surface area contributed by atoms with Gasteiger partial charge in [-0.1, -0.05) is 54.6 Å². The van der Waals surface area contributed by atoms with Crippen LogP contribution >= 0.6 is 0 Å². The fraction of sp³-hybridized carbons (Fsp3) is 0.0690. The van der Waals surface area contributed by atoms with Crippen molar-refractivity contribution >= 4 is 34.8 Å². The van der Waals surface area contributed by atoms with Crippen molar-refractivity contribution < 1.29 is 28.6 Å². The summed E-state index contributed by atoms with van der Waals surface area (Å²) in [5, 5.41) is 13.5. The van der Waals surface area contributed by atoms with E-state index in [4.69, 9.17) is 9.84 Å². The topological polar surface area (TPSA) is 95.9 Å². The maximum absolute atomic E-state index is 13.2. The lowest BCUT2D eigenvalue weighted by atomic mass is 10.0. The number of hydrogen-bond donors (Lipinski definition) is 2. The Kier molecular flexibility index (Phi) is 6.38. The third-order valence-corrected chi connectivity index (χ3v) is 6.03. The minimum atomic E-state index is -1.01. The van der Waals surface area contributed by atoms with E-state index in [2.05, 4.69) is 5.32 Å². The van der Waals surface area contributed by atoms with Gasteiger partial charge in [0.1, 0.15) is 23.9 Å². The normalized spacial score (nSPS) is 14.3. The van der Waals surface area contributed by atoms with Crippen molar-refractivity contribution in [1.82, 2.24) is 10.2 Å². The quantitative estimate of drug-likeness (QED) is 0.266. The smallest absolute Gasteiger partial charge is 0.335 e. The molecular formula is C29H21FN2O5. The number of nitrogens with one attached hydrogen (secondary N) is 1. The number of ether oxygens (including phenoxy) is 1. The number of benzene rings is 4. The highest BCUT2D eigenvalue weighted by atomic mass is 19.1. The summed E-state index contributed by atoms with van der Waals surface area (Å²) in [4.78, 5) is 37.9. The Labute approximate surface area is 211 Å². The molecule has 0 unspecified atom stereocenters. The third-order valence-electron chi connectivity index (χ3n) is 6.03. The molecule has 0 saturated carbocycles. The summed E-state index contributed by atoms with van der Waals surface area (Å²) in [6.45, 7) is 0.179. The van der Waals surface area contributed by atoms with Crippen LogP contribution in [-0.2, 0) is 17.9 Å². The molecule has 37 heavy (non-hydrogen) atoms. The van der Waals surface area contributed by atoms with Crippen molar-refractivity contribution in [3.63, 3.8) is 0 Å². The van der Waals surface area contributed by atoms with Crippen LogP contribution in [0.5, 0.6) is 5.75 Å². The number of carbonyl (C=O) groups excluding carboxylic acids is 2. The molecule has 1 saturated heterocycles. The molecule has 1 aliphatic heterocycles. The zero-order valence-electron chi connectivity index (χ0n) is 19.5. The van der Waals surface area contributed by atoms with Crippen LogP contribution in [-0.4, -0.2) is 27.9 Å². The first-order valence-electron chi connectivity index (χ1n) is 11.4. The standard InChI is InChI=1S/C29H21FN2O5/c30-22-12-7-18(8-13-22)16-32-27(33)25(31-29(32)36)15-24-23-4-2-1-3-20(23)11-14-26(24)37-17-19-5-9-21(10-6-19)28(34)35/h1-15H,16-17H2,(H,31,36)(H,34,35)/b25-15-. The molecule has 0 radical (unpaired) electrons. The molecule has 0 aromatic heterocycles. The lowest BCUT2D eigenvalue weighted by Crippen LogP contribution is -2.30. The molecular weight excluding hydrogens is 475 g/mol. The number of nitrogens with zero attached hydrogens (tertiary/aromatic N) is 1. The van der Waals surface area contributed by atoms with Gasteiger partial charge in [-0.3, -0.25) is 9.69 Å². The van der Waals surface area contributed by atoms with Gasteiger partial charge in [-0.15, -0.1) is 0 Å². The molecule has 7 nitrogen and oxygen atoms in total. The summed E-state index contributed by atoms with van der Waals surface area (Å²) in [5.74, 6) is -1.42. The van der Waals surface area contributed by atoms with Gasteiger partial charge in [0, 0.05) is 5.56 Å². The Morgan fingerprint density at radius 1 is 0.919 bits per heavy atom. The van der Waals surface area contributed by atoms with Crippen LogP contribution in [0.15, 0.2) is 90.6 Å². The van der Waals surface area contributed by atoms with E-state index < -0.39 is 23.7 Å². The van der Waals surface area contributed by atoms with Crippen LogP contribution in [0.25, 0.3) is 16.8 Å². The summed E-state index contributed by atoms with van der Waals surface area (Å²) < 4.78 is 19.3. The third kappa shape index (κ3) is 5.04. The Balaban J connectivity index is 1.44. The number of carboxylic acid groups (broad SMARTS) is 1. The molecule has 1 fully saturated rings. The summed E-state index contributed by atoms with van der Waals surface area (Å²) in [5.41, 5.74) is 2.29. The molecule has 8 heteroatoms. The lowest BCUT2D eigenvalue weighted by molar-refractivity contribution is -0.123. The van der Waals surface area contributed by atoms with Crippen molar-refractivity contribution in [3.8, 4) is 5.75 Å². The van der Waals surface area contributed by atoms with E-state index in [-0.39, 0.29) is 24.4 Å². The molecule has 1 heterocycles. The second-order valence-corrected chi connectivity index (χ2v) is 8.50. The van der Waals surface area contributed by atoms with Crippen molar-refractivity contribution in [1.29, 1.82) is 0 Å². The Morgan fingerprint density at radius 3 is 2.35 bits per heavy atom. The zero-order chi connectivity index (χ0) is 25.9. The van der Waals surface area contributed by atoms with Crippen molar-refractivity contribution in [2.75, 3.05) is 0 Å². The first kappa shape index (κ1) is 23.7. The number of imide groups is 1. The van der Waals surface area contributed by atoms with Crippen LogP contribution in [0, 0.1) is 5.82 Å². The predicted molar refractivity (Wildman–Crippen MR) is 135 cm³/mol. The maximum atomic E-state index is 13.2. The molecule has 3 amide bonds. The largest absolute Gasteiger partial charge is 0.488 e. The molecule has 184 valence electrons. The second kappa shape index (κ2) is 9.94. The highest BCUT2D eigenvalue weighted by molar-refractivity contribution is 6.14. The molecule has 2 N–H and O–H groups in total. The summed E-state index contributed by atoms with van der Waals surface area (Å²) in [7, 11) is 0. The number of carbonyl (C=O) groups is 3. The zero-order valence-corrected chi connectivity index (χ0v) is 19.5. The first-order valence-corrected chi connectivity index (χ1v) is 11.4. The predicted octanol–water partition coefficient (Wildman–Crippen LogP) is 5.35. The van der Waals surface area contributed by atoms with Crippen LogP contribution in [0.2, 0.25) is 0 Å². The first-order chi connectivity index (χ1) is 17.9. The van der Waals surface area contributed by atoms with Gasteiger partial charge < -0.3 is 15.2 Å². The Bertz CT molecular complexity index is 1550. The molecule has 4 aromatic rings. The van der Waals surface area contributed by atoms with Gasteiger partial charge in [0.25, 0.3) is 5.91 Å². The average molecular weight is 496 g/mol. The van der Waals surface area contributed by atoms with Crippen LogP contribution in [0.4, 0.5) is 9.18 Å². The molecule has 0 spiro atoms. The fourth-order valence-electron chi connectivity index (χ4n) is 4.09. The van der Waals surface area contributed by atoms with Gasteiger partial charge in [0.2, 0.25) is 0 Å². The SMILES string of the molecule is O=C(O)c1ccc(COc2ccc3ccccc3c2/C=C2\NC(=O)N(Cc3ccc(F)cc3)C2=O)cc1. The minimum absolute atomic E-state index is 0.00746. The Hall–Kier alpha value is -4.98. The van der Waals surface area contributed by atoms with E-state index >= 15 is 0 Å². The highest BCUT2D eigenvalue weighted by Crippen LogP contribution is 2.32. The van der Waals surface area contributed by atoms with Crippen molar-refractivity contribution in [2.45, 2.75) is 13.2 Å². The van der Waals surface area contributed by atoms with Gasteiger partial charge >= 0.3 is 12.0 Å². The lowest BCUT2D eigenvalue weighted by Gasteiger charge is -2.13. The summed E-state index contributed by atoms with van der Waals surface area (Å²) >= 11 is 0. The van der Waals surface area contributed by atoms with Gasteiger partial charge in [0.15, 0.2) is 0 Å². The maximum Gasteiger partial charge on any atom is 0.335 e. The van der Waals surface area contributed by atoms with E-state index in [1.807, 2.05) is 30.3 Å². The number of halogens is 1. The van der Waals surface area contributed by atoms with E-state index in [1.165, 1.54) is 36.4 Å². The number of urea groups is 1. The second-order valence-electron chi connectivity index (χ2n) is 8.50. The van der Waals surface area contributed by atoms with E-state index in [0.717, 1.165) is 21.2 Å². The number of fused-ring (bicyclic) bond motifs is 1. The van der Waals surface area contributed by atoms with Gasteiger partial charge in [0.05, 0.1) is 12.1 Å². The number of carboxylic acids is 1. The highest BCUT2D eigenvalue weighted by Gasteiger charge is 2.33. The number of hydrogen-bond acceptors (Lipinski definition) is 4. The number of rotatable bonds is 7. The van der Waals surface area contributed by atoms with Crippen LogP contribution in [0.3, 0.4) is 0 Å². The van der Waals surface area contributed by atoms with Crippen molar-refractivity contribution in [2.24, 2.45) is 0 Å². The van der Waals surface area contributed by atoms with E-state index in [9.17, 15) is 18.8 Å². The molecule has 5 rings (SSSR count). The van der Waals surface area contributed by atoms with Crippen LogP contribution in [0.1, 0.15) is 27.0 Å².